The fourth-order valence-corrected chi connectivity index (χ4v) is 1.57. The second-order valence-electron chi connectivity index (χ2n) is 3.53. The normalized spacial score (nSPS) is 13.7. The van der Waals surface area contributed by atoms with Gasteiger partial charge >= 0.3 is 6.18 Å². The zero-order valence-corrected chi connectivity index (χ0v) is 10.8. The highest BCUT2D eigenvalue weighted by atomic mass is 79.9. The number of halogens is 4. The first-order valence-electron chi connectivity index (χ1n) is 5.12. The third kappa shape index (κ3) is 5.52. The second-order valence-corrected chi connectivity index (χ2v) is 4.45. The largest absolute Gasteiger partial charge is 0.413 e. The highest BCUT2D eigenvalue weighted by Gasteiger charge is 2.28. The van der Waals surface area contributed by atoms with Gasteiger partial charge < -0.3 is 0 Å². The van der Waals surface area contributed by atoms with E-state index in [9.17, 15) is 13.2 Å². The van der Waals surface area contributed by atoms with Crippen LogP contribution in [0.15, 0.2) is 28.7 Å². The Labute approximate surface area is 106 Å². The van der Waals surface area contributed by atoms with Crippen molar-refractivity contribution in [2.24, 2.45) is 0 Å². The summed E-state index contributed by atoms with van der Waals surface area (Å²) < 4.78 is 36.6. The first-order chi connectivity index (χ1) is 7.92. The van der Waals surface area contributed by atoms with Crippen LogP contribution in [0.3, 0.4) is 0 Å². The zero-order chi connectivity index (χ0) is 12.9. The Hall–Kier alpha value is -0.590. The van der Waals surface area contributed by atoms with Crippen molar-refractivity contribution in [1.82, 2.24) is 5.48 Å². The van der Waals surface area contributed by atoms with E-state index in [1.165, 1.54) is 0 Å². The van der Waals surface area contributed by atoms with Gasteiger partial charge in [-0.25, -0.2) is 0 Å². The Balaban J connectivity index is 2.51. The Morgan fingerprint density at radius 3 is 2.35 bits per heavy atom. The van der Waals surface area contributed by atoms with Gasteiger partial charge in [0.2, 0.25) is 0 Å². The molecule has 0 bridgehead atoms. The van der Waals surface area contributed by atoms with Crippen LogP contribution >= 0.6 is 15.9 Å². The molecule has 1 N–H and O–H groups in total. The van der Waals surface area contributed by atoms with Crippen molar-refractivity contribution in [2.75, 3.05) is 6.61 Å². The average Bonchev–Trinajstić information content (AvgIpc) is 2.24. The van der Waals surface area contributed by atoms with Gasteiger partial charge in [-0.3, -0.25) is 4.84 Å². The van der Waals surface area contributed by atoms with Gasteiger partial charge in [-0.15, -0.1) is 0 Å². The van der Waals surface area contributed by atoms with Gasteiger partial charge in [-0.2, -0.15) is 18.7 Å². The molecule has 0 radical (unpaired) electrons. The van der Waals surface area contributed by atoms with Crippen LogP contribution in [0.2, 0.25) is 0 Å². The minimum absolute atomic E-state index is 0.245. The van der Waals surface area contributed by atoms with Crippen molar-refractivity contribution in [3.63, 3.8) is 0 Å². The van der Waals surface area contributed by atoms with E-state index in [-0.39, 0.29) is 6.04 Å². The smallest absolute Gasteiger partial charge is 0.292 e. The number of benzene rings is 1. The van der Waals surface area contributed by atoms with E-state index < -0.39 is 12.8 Å². The first-order valence-corrected chi connectivity index (χ1v) is 5.91. The van der Waals surface area contributed by atoms with Gasteiger partial charge in [0.25, 0.3) is 0 Å². The minimum Gasteiger partial charge on any atom is -0.292 e. The maximum atomic E-state index is 11.9. The van der Waals surface area contributed by atoms with E-state index in [2.05, 4.69) is 26.2 Å². The molecule has 1 unspecified atom stereocenters. The molecule has 0 fully saturated rings. The maximum absolute atomic E-state index is 11.9. The highest BCUT2D eigenvalue weighted by molar-refractivity contribution is 9.10. The topological polar surface area (TPSA) is 21.3 Å². The summed E-state index contributed by atoms with van der Waals surface area (Å²) in [5.74, 6) is 0. The van der Waals surface area contributed by atoms with Crippen LogP contribution in [0.4, 0.5) is 13.2 Å². The average molecular weight is 312 g/mol. The minimum atomic E-state index is -4.31. The van der Waals surface area contributed by atoms with E-state index in [1.54, 1.807) is 0 Å². The van der Waals surface area contributed by atoms with Crippen LogP contribution in [0.5, 0.6) is 0 Å². The Morgan fingerprint density at radius 1 is 1.29 bits per heavy atom. The third-order valence-electron chi connectivity index (χ3n) is 2.14. The number of rotatable bonds is 5. The van der Waals surface area contributed by atoms with Gasteiger partial charge in [0, 0.05) is 4.47 Å². The van der Waals surface area contributed by atoms with E-state index in [1.807, 2.05) is 31.2 Å². The number of hydroxylamine groups is 1. The quantitative estimate of drug-likeness (QED) is 0.830. The second kappa shape index (κ2) is 6.37. The van der Waals surface area contributed by atoms with E-state index in [0.29, 0.717) is 6.42 Å². The summed E-state index contributed by atoms with van der Waals surface area (Å²) in [6, 6.07) is 7.10. The van der Waals surface area contributed by atoms with Crippen LogP contribution in [0.25, 0.3) is 0 Å². The van der Waals surface area contributed by atoms with Crippen LogP contribution < -0.4 is 5.48 Å². The van der Waals surface area contributed by atoms with E-state index >= 15 is 0 Å². The molecule has 1 aromatic carbocycles. The van der Waals surface area contributed by atoms with E-state index in [4.69, 9.17) is 0 Å². The first kappa shape index (κ1) is 14.5. The summed E-state index contributed by atoms with van der Waals surface area (Å²) in [4.78, 5) is 4.45. The molecule has 0 amide bonds. The van der Waals surface area contributed by atoms with Crippen LogP contribution in [-0.2, 0) is 4.84 Å². The van der Waals surface area contributed by atoms with Crippen molar-refractivity contribution < 1.29 is 18.0 Å². The summed E-state index contributed by atoms with van der Waals surface area (Å²) in [5, 5.41) is 0. The number of nitrogens with one attached hydrogen (secondary N) is 1. The Morgan fingerprint density at radius 2 is 1.88 bits per heavy atom. The molecule has 1 rings (SSSR count). The lowest BCUT2D eigenvalue weighted by Crippen LogP contribution is -2.27. The zero-order valence-electron chi connectivity index (χ0n) is 9.22. The van der Waals surface area contributed by atoms with Gasteiger partial charge in [0.1, 0.15) is 0 Å². The van der Waals surface area contributed by atoms with Crippen LogP contribution in [-0.4, -0.2) is 12.8 Å². The molecule has 1 aromatic rings. The molecule has 96 valence electrons. The molecule has 0 heterocycles. The van der Waals surface area contributed by atoms with Crippen molar-refractivity contribution in [3.8, 4) is 0 Å². The summed E-state index contributed by atoms with van der Waals surface area (Å²) in [5.41, 5.74) is 3.31. The molecular weight excluding hydrogens is 299 g/mol. The fraction of sp³-hybridized carbons (Fsp3) is 0.455. The highest BCUT2D eigenvalue weighted by Crippen LogP contribution is 2.20. The molecule has 1 atom stereocenters. The third-order valence-corrected chi connectivity index (χ3v) is 2.67. The molecule has 0 aliphatic carbocycles. The number of hydrogen-bond acceptors (Lipinski definition) is 2. The fourth-order valence-electron chi connectivity index (χ4n) is 1.31. The SMILES string of the molecule is CCC(NOCC(F)(F)F)c1ccc(Br)cc1. The molecule has 0 aromatic heterocycles. The monoisotopic (exact) mass is 311 g/mol. The maximum Gasteiger partial charge on any atom is 0.413 e. The Kier molecular flexibility index (Phi) is 5.42. The van der Waals surface area contributed by atoms with Crippen molar-refractivity contribution in [3.05, 3.63) is 34.3 Å². The summed E-state index contributed by atoms with van der Waals surface area (Å²) in [6.45, 7) is 0.580. The molecular formula is C11H13BrF3NO. The number of alkyl halides is 3. The van der Waals surface area contributed by atoms with Gasteiger partial charge in [-0.05, 0) is 24.1 Å². The lowest BCUT2D eigenvalue weighted by molar-refractivity contribution is -0.193. The summed E-state index contributed by atoms with van der Waals surface area (Å²) in [6.07, 6.45) is -3.68. The summed E-state index contributed by atoms with van der Waals surface area (Å²) >= 11 is 3.29. The van der Waals surface area contributed by atoms with Crippen molar-refractivity contribution in [1.29, 1.82) is 0 Å². The van der Waals surface area contributed by atoms with Crippen LogP contribution in [0, 0.1) is 0 Å². The summed E-state index contributed by atoms with van der Waals surface area (Å²) in [7, 11) is 0. The lowest BCUT2D eigenvalue weighted by atomic mass is 10.1. The van der Waals surface area contributed by atoms with Crippen LogP contribution in [0.1, 0.15) is 24.9 Å². The molecule has 0 saturated heterocycles. The predicted molar refractivity (Wildman–Crippen MR) is 62.3 cm³/mol. The van der Waals surface area contributed by atoms with Gasteiger partial charge in [0.05, 0.1) is 6.04 Å². The Bertz CT molecular complexity index is 340. The molecule has 0 saturated carbocycles. The lowest BCUT2D eigenvalue weighted by Gasteiger charge is -2.17. The molecule has 2 nitrogen and oxygen atoms in total. The molecule has 17 heavy (non-hydrogen) atoms. The number of hydrogen-bond donors (Lipinski definition) is 1. The molecule has 6 heteroatoms. The molecule has 0 spiro atoms. The predicted octanol–water partition coefficient (Wildman–Crippen LogP) is 3.98. The molecule has 0 aliphatic heterocycles. The molecule has 0 aliphatic rings. The van der Waals surface area contributed by atoms with Crippen molar-refractivity contribution >= 4 is 15.9 Å². The van der Waals surface area contributed by atoms with Gasteiger partial charge in [-0.1, -0.05) is 35.0 Å². The van der Waals surface area contributed by atoms with Crippen molar-refractivity contribution in [2.45, 2.75) is 25.6 Å². The van der Waals surface area contributed by atoms with Gasteiger partial charge in [0.15, 0.2) is 6.61 Å². The standard InChI is InChI=1S/C11H13BrF3NO/c1-2-10(16-17-7-11(13,14)15)8-3-5-9(12)6-4-8/h3-6,10,16H,2,7H2,1H3. The van der Waals surface area contributed by atoms with E-state index in [0.717, 1.165) is 10.0 Å².